The fourth-order valence-electron chi connectivity index (χ4n) is 8.85. The highest BCUT2D eigenvalue weighted by atomic mass is 28.3. The molecule has 1 aliphatic heterocycles. The highest BCUT2D eigenvalue weighted by Crippen LogP contribution is 2.33. The Kier molecular flexibility index (Phi) is 7.83. The van der Waals surface area contributed by atoms with E-state index in [4.69, 9.17) is 15.0 Å². The average molecular weight is 742 g/mol. The van der Waals surface area contributed by atoms with Gasteiger partial charge in [-0.1, -0.05) is 212 Å². The molecule has 266 valence electrons. The summed E-state index contributed by atoms with van der Waals surface area (Å²) in [4.78, 5) is 15.5. The zero-order valence-corrected chi connectivity index (χ0v) is 32.0. The summed E-state index contributed by atoms with van der Waals surface area (Å²) in [6.45, 7) is 0. The Balaban J connectivity index is 1.15. The smallest absolute Gasteiger partial charge is 0.180 e. The Bertz CT molecular complexity index is 3040. The molecule has 0 amide bonds. The molecule has 0 atom stereocenters. The predicted molar refractivity (Wildman–Crippen MR) is 239 cm³/mol. The second kappa shape index (κ2) is 13.5. The lowest BCUT2D eigenvalue weighted by Crippen LogP contribution is -2.72. The van der Waals surface area contributed by atoms with Crippen molar-refractivity contribution in [1.82, 2.24) is 15.0 Å². The van der Waals surface area contributed by atoms with Crippen molar-refractivity contribution >= 4 is 50.4 Å². The Morgan fingerprint density at radius 2 is 0.684 bits per heavy atom. The summed E-state index contributed by atoms with van der Waals surface area (Å²) in [6, 6.07) is 76.9. The van der Waals surface area contributed by atoms with Gasteiger partial charge in [-0.3, -0.25) is 0 Å². The molecular weight excluding hydrogens is 707 g/mol. The van der Waals surface area contributed by atoms with Crippen molar-refractivity contribution in [3.63, 3.8) is 0 Å². The summed E-state index contributed by atoms with van der Waals surface area (Å²) in [5.41, 5.74) is 7.77. The monoisotopic (exact) mass is 741 g/mol. The van der Waals surface area contributed by atoms with Crippen LogP contribution in [-0.4, -0.2) is 23.0 Å². The molecule has 1 aromatic heterocycles. The predicted octanol–water partition coefficient (Wildman–Crippen LogP) is 10.2. The summed E-state index contributed by atoms with van der Waals surface area (Å²) in [6.07, 6.45) is 0. The zero-order valence-electron chi connectivity index (χ0n) is 31.0. The fraction of sp³-hybridized carbons (Fsp3) is 0. The number of hydrogen-bond donors (Lipinski definition) is 0. The fourth-order valence-corrected chi connectivity index (χ4v) is 14.1. The molecule has 9 aromatic carbocycles. The van der Waals surface area contributed by atoms with E-state index in [1.165, 1.54) is 59.0 Å². The number of rotatable bonds is 6. The Morgan fingerprint density at radius 3 is 1.30 bits per heavy atom. The normalized spacial score (nSPS) is 12.7. The molecule has 0 spiro atoms. The Hall–Kier alpha value is -7.27. The zero-order chi connectivity index (χ0) is 37.8. The molecule has 3 nitrogen and oxygen atoms in total. The van der Waals surface area contributed by atoms with Crippen molar-refractivity contribution < 1.29 is 0 Å². The van der Waals surface area contributed by atoms with Crippen LogP contribution in [0.5, 0.6) is 0 Å². The van der Waals surface area contributed by atoms with Crippen molar-refractivity contribution in [2.45, 2.75) is 0 Å². The molecule has 0 aliphatic carbocycles. The first-order valence-electron chi connectivity index (χ1n) is 19.4. The minimum atomic E-state index is -2.89. The van der Waals surface area contributed by atoms with Crippen LogP contribution in [0.15, 0.2) is 212 Å². The van der Waals surface area contributed by atoms with Crippen LogP contribution in [0.25, 0.3) is 78.0 Å². The third kappa shape index (κ3) is 5.53. The van der Waals surface area contributed by atoms with Gasteiger partial charge in [0.2, 0.25) is 0 Å². The van der Waals surface area contributed by atoms with Gasteiger partial charge in [-0.15, -0.1) is 0 Å². The van der Waals surface area contributed by atoms with Crippen molar-refractivity contribution in [1.29, 1.82) is 0 Å². The van der Waals surface area contributed by atoms with Gasteiger partial charge in [0.1, 0.15) is 0 Å². The summed E-state index contributed by atoms with van der Waals surface area (Å²) in [5.74, 6) is 1.96. The minimum Gasteiger partial charge on any atom is -0.208 e. The van der Waals surface area contributed by atoms with Crippen molar-refractivity contribution in [2.24, 2.45) is 0 Å². The maximum Gasteiger partial charge on any atom is 0.180 e. The molecule has 0 radical (unpaired) electrons. The van der Waals surface area contributed by atoms with Crippen molar-refractivity contribution in [2.75, 3.05) is 0 Å². The third-order valence-corrected chi connectivity index (χ3v) is 16.4. The molecule has 1 aliphatic rings. The largest absolute Gasteiger partial charge is 0.208 e. The van der Waals surface area contributed by atoms with E-state index in [9.17, 15) is 0 Å². The number of fused-ring (bicyclic) bond motifs is 5. The van der Waals surface area contributed by atoms with Crippen LogP contribution in [0.4, 0.5) is 0 Å². The van der Waals surface area contributed by atoms with Gasteiger partial charge in [-0.2, -0.15) is 0 Å². The molecule has 2 heterocycles. The van der Waals surface area contributed by atoms with Gasteiger partial charge in [0.15, 0.2) is 25.5 Å². The second-order valence-corrected chi connectivity index (χ2v) is 18.5. The van der Waals surface area contributed by atoms with E-state index < -0.39 is 8.07 Å². The number of aromatic nitrogens is 3. The lowest BCUT2D eigenvalue weighted by atomic mass is 10.0. The molecule has 0 saturated heterocycles. The second-order valence-electron chi connectivity index (χ2n) is 14.8. The highest BCUT2D eigenvalue weighted by Gasteiger charge is 2.49. The summed E-state index contributed by atoms with van der Waals surface area (Å²) in [5, 5.41) is 10.5. The molecule has 4 heteroatoms. The van der Waals surface area contributed by atoms with Gasteiger partial charge in [0.05, 0.1) is 0 Å². The molecule has 57 heavy (non-hydrogen) atoms. The first-order chi connectivity index (χ1) is 28.2. The van der Waals surface area contributed by atoms with Crippen LogP contribution >= 0.6 is 0 Å². The van der Waals surface area contributed by atoms with Crippen molar-refractivity contribution in [3.05, 3.63) is 212 Å². The molecular formula is C53H35N3Si. The molecule has 0 unspecified atom stereocenters. The van der Waals surface area contributed by atoms with Crippen LogP contribution in [0.3, 0.4) is 0 Å². The van der Waals surface area contributed by atoms with Crippen LogP contribution in [0.1, 0.15) is 0 Å². The van der Waals surface area contributed by atoms with Gasteiger partial charge in [0.25, 0.3) is 0 Å². The Morgan fingerprint density at radius 1 is 0.263 bits per heavy atom. The third-order valence-electron chi connectivity index (χ3n) is 11.6. The maximum atomic E-state index is 5.24. The highest BCUT2D eigenvalue weighted by molar-refractivity contribution is 7.22. The van der Waals surface area contributed by atoms with Gasteiger partial charge >= 0.3 is 0 Å². The molecule has 0 fully saturated rings. The Labute approximate surface area is 332 Å². The van der Waals surface area contributed by atoms with E-state index in [1.807, 2.05) is 24.3 Å². The van der Waals surface area contributed by atoms with E-state index in [0.29, 0.717) is 17.5 Å². The topological polar surface area (TPSA) is 38.7 Å². The van der Waals surface area contributed by atoms with Gasteiger partial charge < -0.3 is 0 Å². The van der Waals surface area contributed by atoms with Crippen molar-refractivity contribution in [3.8, 4) is 56.4 Å². The lowest BCUT2D eigenvalue weighted by molar-refractivity contribution is 1.07. The van der Waals surface area contributed by atoms with E-state index in [2.05, 4.69) is 188 Å². The van der Waals surface area contributed by atoms with Gasteiger partial charge in [-0.25, -0.2) is 15.0 Å². The summed E-state index contributed by atoms with van der Waals surface area (Å²) < 4.78 is 0. The van der Waals surface area contributed by atoms with E-state index in [0.717, 1.165) is 22.3 Å². The summed E-state index contributed by atoms with van der Waals surface area (Å²) >= 11 is 0. The van der Waals surface area contributed by atoms with E-state index in [1.54, 1.807) is 0 Å². The first-order valence-corrected chi connectivity index (χ1v) is 21.4. The number of nitrogens with zero attached hydrogens (tertiary/aromatic N) is 3. The van der Waals surface area contributed by atoms with E-state index in [-0.39, 0.29) is 0 Å². The molecule has 0 bridgehead atoms. The van der Waals surface area contributed by atoms with Gasteiger partial charge in [0, 0.05) is 16.7 Å². The summed E-state index contributed by atoms with van der Waals surface area (Å²) in [7, 11) is -2.89. The van der Waals surface area contributed by atoms with Gasteiger partial charge in [-0.05, 0) is 64.5 Å². The maximum absolute atomic E-state index is 5.24. The van der Waals surface area contributed by atoms with Crippen LogP contribution in [-0.2, 0) is 0 Å². The quantitative estimate of drug-likeness (QED) is 0.159. The minimum absolute atomic E-state index is 0.648. The molecule has 11 rings (SSSR count). The number of benzene rings is 9. The molecule has 0 N–H and O–H groups in total. The lowest BCUT2D eigenvalue weighted by Gasteiger charge is -2.32. The standard InChI is InChI=1S/C53H35N3Si/c1-3-13-36(14-4-1)39-23-25-41(26-24-39)52-54-51(40-17-5-2-6-18-40)55-53(56-52)44-29-32-48-47-21-11-12-22-49(47)57(50(48)35-44,45-30-27-37-15-7-9-19-42(37)33-45)46-31-28-38-16-8-10-20-43(38)34-46/h1-35H. The number of hydrogen-bond acceptors (Lipinski definition) is 3. The first kappa shape index (κ1) is 33.1. The molecule has 10 aromatic rings. The van der Waals surface area contributed by atoms with Crippen LogP contribution in [0.2, 0.25) is 0 Å². The van der Waals surface area contributed by atoms with E-state index >= 15 is 0 Å². The van der Waals surface area contributed by atoms with Crippen LogP contribution < -0.4 is 20.7 Å². The average Bonchev–Trinajstić information content (AvgIpc) is 3.59. The SMILES string of the molecule is c1ccc(-c2ccc(-c3nc(-c4ccccc4)nc(-c4ccc5c(c4)[Si](c4ccc6ccccc6c4)(c4ccc6ccccc6c4)c4ccccc4-5)n3)cc2)cc1. The van der Waals surface area contributed by atoms with Crippen LogP contribution in [0, 0.1) is 0 Å². The molecule has 0 saturated carbocycles.